The van der Waals surface area contributed by atoms with Gasteiger partial charge in [0.15, 0.2) is 11.6 Å². The van der Waals surface area contributed by atoms with E-state index in [-0.39, 0.29) is 99.2 Å². The van der Waals surface area contributed by atoms with Crippen molar-refractivity contribution in [3.8, 4) is 17.6 Å². The molecule has 0 amide bonds. The van der Waals surface area contributed by atoms with Crippen molar-refractivity contribution in [2.45, 2.75) is 37.7 Å². The second-order valence-corrected chi connectivity index (χ2v) is 10.3. The van der Waals surface area contributed by atoms with Crippen LogP contribution < -0.4 is 83.7 Å². The number of hydrogen-bond donors (Lipinski definition) is 2. The first-order valence-corrected chi connectivity index (χ1v) is 12.9. The maximum atomic E-state index is 14.8. The van der Waals surface area contributed by atoms with Crippen LogP contribution in [0.3, 0.4) is 0 Å². The molecule has 1 aromatic heterocycles. The number of anilines is 1. The molecule has 0 saturated carbocycles. The molecular weight excluding hydrogens is 624 g/mol. The molecule has 2 aliphatic rings. The molecule has 2 saturated heterocycles. The molecule has 196 valence electrons. The van der Waals surface area contributed by atoms with E-state index >= 15 is 0 Å². The minimum Gasteiger partial charge on any atom is -0.453 e. The molecule has 8 nitrogen and oxygen atoms in total. The quantitative estimate of drug-likeness (QED) is 0.294. The van der Waals surface area contributed by atoms with Crippen molar-refractivity contribution in [3.05, 3.63) is 61.0 Å². The summed E-state index contributed by atoms with van der Waals surface area (Å²) < 4.78 is 32.0. The van der Waals surface area contributed by atoms with Gasteiger partial charge in [-0.15, -0.1) is 0 Å². The van der Waals surface area contributed by atoms with Crippen LogP contribution in [0.1, 0.15) is 43.4 Å². The molecular formula is C27H32CsFN6O2S. The zero-order chi connectivity index (χ0) is 25.1. The van der Waals surface area contributed by atoms with Gasteiger partial charge in [0.1, 0.15) is 17.4 Å². The molecule has 38 heavy (non-hydrogen) atoms. The molecule has 2 aliphatic heterocycles. The van der Waals surface area contributed by atoms with E-state index < -0.39 is 5.82 Å². The Kier molecular flexibility index (Phi) is 11.7. The standard InChI is InChI=1S/C26H29FN6O2S.CH3.Cs/c1-3-33(2)36-32-21-7-5-20(27)25(19(21)14-28)35-18-4-6-22-23(12-18)31-24(15-30-22)17-13-26(34-16-17)8-10-29-11-9-26;;/h4-7,12,15,17,29,32H,3,8-11,13,16H2,1-2H3;1H3;/q;-1;+1. The Morgan fingerprint density at radius 2 is 2.08 bits per heavy atom. The summed E-state index contributed by atoms with van der Waals surface area (Å²) in [4.78, 5) is 9.45. The topological polar surface area (TPSA) is 95.3 Å². The van der Waals surface area contributed by atoms with Crippen LogP contribution in [0.4, 0.5) is 10.1 Å². The van der Waals surface area contributed by atoms with Gasteiger partial charge >= 0.3 is 68.9 Å². The Morgan fingerprint density at radius 3 is 2.82 bits per heavy atom. The Hall–Kier alpha value is -0.918. The number of hydrogen-bond acceptors (Lipinski definition) is 9. The first-order chi connectivity index (χ1) is 17.5. The first kappa shape index (κ1) is 31.6. The predicted molar refractivity (Wildman–Crippen MR) is 145 cm³/mol. The van der Waals surface area contributed by atoms with Crippen LogP contribution in [0.25, 0.3) is 11.0 Å². The van der Waals surface area contributed by atoms with Gasteiger partial charge in [-0.2, -0.15) is 5.26 Å². The van der Waals surface area contributed by atoms with Gasteiger partial charge in [-0.25, -0.2) is 13.7 Å². The number of ether oxygens (including phenoxy) is 2. The van der Waals surface area contributed by atoms with Crippen LogP contribution in [-0.4, -0.2) is 53.2 Å². The molecule has 0 bridgehead atoms. The Bertz CT molecular complexity index is 1300. The molecule has 3 aromatic rings. The van der Waals surface area contributed by atoms with Gasteiger partial charge in [0.25, 0.3) is 0 Å². The van der Waals surface area contributed by atoms with E-state index in [4.69, 9.17) is 14.5 Å². The molecule has 1 atom stereocenters. The minimum absolute atomic E-state index is 0. The number of benzene rings is 2. The molecule has 2 fully saturated rings. The number of nitriles is 1. The number of halogens is 1. The third-order valence-corrected chi connectivity index (χ3v) is 7.75. The van der Waals surface area contributed by atoms with Crippen molar-refractivity contribution >= 4 is 28.9 Å². The number of aromatic nitrogens is 2. The number of piperidine rings is 1. The third kappa shape index (κ3) is 7.04. The fourth-order valence-electron chi connectivity index (χ4n) is 4.69. The van der Waals surface area contributed by atoms with Crippen LogP contribution >= 0.6 is 12.1 Å². The zero-order valence-corrected chi connectivity index (χ0v) is 29.5. The molecule has 5 rings (SSSR count). The van der Waals surface area contributed by atoms with Crippen LogP contribution in [0.2, 0.25) is 0 Å². The maximum absolute atomic E-state index is 14.8. The van der Waals surface area contributed by atoms with E-state index in [9.17, 15) is 9.65 Å². The molecule has 3 heterocycles. The monoisotopic (exact) mass is 656 g/mol. The fourth-order valence-corrected chi connectivity index (χ4v) is 5.25. The summed E-state index contributed by atoms with van der Waals surface area (Å²) in [5.74, 6) is -0.157. The molecule has 1 unspecified atom stereocenters. The van der Waals surface area contributed by atoms with Crippen LogP contribution in [-0.2, 0) is 4.74 Å². The Labute approximate surface area is 287 Å². The summed E-state index contributed by atoms with van der Waals surface area (Å²) in [6, 6.07) is 10.1. The van der Waals surface area contributed by atoms with Crippen molar-refractivity contribution < 1.29 is 82.8 Å². The van der Waals surface area contributed by atoms with Crippen molar-refractivity contribution in [1.29, 1.82) is 5.26 Å². The minimum atomic E-state index is -0.610. The molecule has 0 aliphatic carbocycles. The predicted octanol–water partition coefficient (Wildman–Crippen LogP) is 2.44. The van der Waals surface area contributed by atoms with E-state index in [2.05, 4.69) is 21.1 Å². The summed E-state index contributed by atoms with van der Waals surface area (Å²) in [5.41, 5.74) is 2.78. The molecule has 2 aromatic carbocycles. The normalized spacial score (nSPS) is 18.0. The van der Waals surface area contributed by atoms with Gasteiger partial charge in [0.2, 0.25) is 0 Å². The van der Waals surface area contributed by atoms with Gasteiger partial charge in [-0.3, -0.25) is 4.98 Å². The van der Waals surface area contributed by atoms with E-state index in [1.165, 1.54) is 24.3 Å². The van der Waals surface area contributed by atoms with Gasteiger partial charge in [0.05, 0.1) is 34.6 Å². The van der Waals surface area contributed by atoms with Gasteiger partial charge < -0.3 is 26.9 Å². The van der Waals surface area contributed by atoms with E-state index in [1.54, 1.807) is 18.2 Å². The van der Waals surface area contributed by atoms with Crippen LogP contribution in [0.5, 0.6) is 11.5 Å². The maximum Gasteiger partial charge on any atom is 1.00 e. The third-order valence-electron chi connectivity index (χ3n) is 6.87. The number of fused-ring (bicyclic) bond motifs is 1. The van der Waals surface area contributed by atoms with E-state index in [1.807, 2.05) is 24.5 Å². The zero-order valence-electron chi connectivity index (χ0n) is 22.4. The smallest absolute Gasteiger partial charge is 0.453 e. The van der Waals surface area contributed by atoms with Crippen LogP contribution in [0.15, 0.2) is 36.5 Å². The Balaban J connectivity index is 0.00000200. The summed E-state index contributed by atoms with van der Waals surface area (Å²) in [5, 5.41) is 13.2. The largest absolute Gasteiger partial charge is 1.00 e. The second kappa shape index (κ2) is 14.1. The average Bonchev–Trinajstić information content (AvgIpc) is 3.31. The molecule has 11 heteroatoms. The summed E-state index contributed by atoms with van der Waals surface area (Å²) in [6.45, 7) is 5.40. The number of nitrogens with one attached hydrogen (secondary N) is 2. The van der Waals surface area contributed by atoms with E-state index in [0.29, 0.717) is 23.6 Å². The average molecular weight is 657 g/mol. The molecule has 2 N–H and O–H groups in total. The Morgan fingerprint density at radius 1 is 1.29 bits per heavy atom. The van der Waals surface area contributed by atoms with Crippen molar-refractivity contribution in [3.63, 3.8) is 0 Å². The van der Waals surface area contributed by atoms with Crippen molar-refractivity contribution in [2.24, 2.45) is 0 Å². The summed E-state index contributed by atoms with van der Waals surface area (Å²) in [6.07, 6.45) is 4.78. The summed E-state index contributed by atoms with van der Waals surface area (Å²) in [7, 11) is 1.92. The number of nitrogens with zero attached hydrogens (tertiary/aromatic N) is 4. The SMILES string of the molecule is CCN(C)SNc1ccc(F)c(Oc2ccc3ncc(C4COC5(CCNCC5)C4)nc3c2)c1C#N.[CH3-].[Cs+]. The summed E-state index contributed by atoms with van der Waals surface area (Å²) >= 11 is 1.33. The fraction of sp³-hybridized carbons (Fsp3) is 0.407. The van der Waals surface area contributed by atoms with E-state index in [0.717, 1.165) is 50.1 Å². The first-order valence-electron chi connectivity index (χ1n) is 12.2. The molecule has 1 spiro atoms. The second-order valence-electron chi connectivity index (χ2n) is 9.24. The van der Waals surface area contributed by atoms with Crippen molar-refractivity contribution in [1.82, 2.24) is 19.6 Å². The van der Waals surface area contributed by atoms with Gasteiger partial charge in [-0.1, -0.05) is 6.92 Å². The van der Waals surface area contributed by atoms with Gasteiger partial charge in [0, 0.05) is 36.9 Å². The van der Waals surface area contributed by atoms with Gasteiger partial charge in [-0.05, 0) is 63.7 Å². The van der Waals surface area contributed by atoms with Crippen LogP contribution in [0, 0.1) is 24.6 Å². The number of rotatable bonds is 7. The van der Waals surface area contributed by atoms with Crippen molar-refractivity contribution in [2.75, 3.05) is 38.0 Å². The molecule has 0 radical (unpaired) electrons.